The Hall–Kier alpha value is -5.62. The van der Waals surface area contributed by atoms with Crippen LogP contribution in [-0.2, 0) is 0 Å². The van der Waals surface area contributed by atoms with Crippen LogP contribution in [0.4, 0.5) is 0 Å². The van der Waals surface area contributed by atoms with Crippen LogP contribution in [0.25, 0.3) is 101 Å². The van der Waals surface area contributed by atoms with Gasteiger partial charge in [-0.25, -0.2) is 9.97 Å². The largest absolute Gasteiger partial charge is 0.292 e. The van der Waals surface area contributed by atoms with E-state index in [9.17, 15) is 0 Å². The third kappa shape index (κ3) is 3.50. The molecular weight excluding hydrogens is 611 g/mol. The van der Waals surface area contributed by atoms with Gasteiger partial charge in [-0.05, 0) is 40.4 Å². The molecule has 11 aromatic rings. The second kappa shape index (κ2) is 9.46. The molecule has 5 heteroatoms. The van der Waals surface area contributed by atoms with E-state index in [2.05, 4.69) is 144 Å². The lowest BCUT2D eigenvalue weighted by Gasteiger charge is -2.13. The number of aromatic nitrogens is 3. The van der Waals surface area contributed by atoms with Crippen LogP contribution in [0.5, 0.6) is 0 Å². The van der Waals surface area contributed by atoms with Crippen LogP contribution in [0.2, 0.25) is 0 Å². The molecule has 0 fully saturated rings. The molecule has 0 atom stereocenters. The first-order valence-corrected chi connectivity index (χ1v) is 17.4. The highest BCUT2D eigenvalue weighted by Gasteiger charge is 2.25. The Morgan fingerprint density at radius 3 is 1.94 bits per heavy atom. The van der Waals surface area contributed by atoms with E-state index in [0.717, 1.165) is 32.9 Å². The van der Waals surface area contributed by atoms with Crippen molar-refractivity contribution in [1.82, 2.24) is 14.5 Å². The zero-order valence-electron chi connectivity index (χ0n) is 24.9. The maximum absolute atomic E-state index is 5.56. The van der Waals surface area contributed by atoms with E-state index in [0.29, 0.717) is 0 Å². The first-order chi connectivity index (χ1) is 23.3. The number of para-hydroxylation sites is 1. The first kappa shape index (κ1) is 25.6. The summed E-state index contributed by atoms with van der Waals surface area (Å²) in [6.45, 7) is 0. The second-order valence-electron chi connectivity index (χ2n) is 12.1. The lowest BCUT2D eigenvalue weighted by atomic mass is 10.00. The Balaban J connectivity index is 1.39. The Morgan fingerprint density at radius 2 is 1.11 bits per heavy atom. The van der Waals surface area contributed by atoms with Crippen molar-refractivity contribution in [2.75, 3.05) is 0 Å². The summed E-state index contributed by atoms with van der Waals surface area (Å²) in [4.78, 5) is 11.8. The zero-order valence-corrected chi connectivity index (χ0v) is 26.6. The predicted molar refractivity (Wildman–Crippen MR) is 203 cm³/mol. The summed E-state index contributed by atoms with van der Waals surface area (Å²) in [6.07, 6.45) is 0. The van der Waals surface area contributed by atoms with Crippen LogP contribution in [0.3, 0.4) is 0 Å². The number of fused-ring (bicyclic) bond motifs is 14. The first-order valence-electron chi connectivity index (χ1n) is 15.8. The molecule has 0 aliphatic rings. The lowest BCUT2D eigenvalue weighted by Crippen LogP contribution is -2.02. The fourth-order valence-corrected chi connectivity index (χ4v) is 9.88. The number of rotatable bonds is 2. The monoisotopic (exact) mass is 633 g/mol. The van der Waals surface area contributed by atoms with E-state index in [4.69, 9.17) is 9.97 Å². The molecule has 0 aliphatic carbocycles. The predicted octanol–water partition coefficient (Wildman–Crippen LogP) is 12.3. The van der Waals surface area contributed by atoms with Gasteiger partial charge in [0.1, 0.15) is 4.83 Å². The van der Waals surface area contributed by atoms with Crippen molar-refractivity contribution < 1.29 is 0 Å². The molecule has 0 radical (unpaired) electrons. The van der Waals surface area contributed by atoms with Crippen molar-refractivity contribution in [2.45, 2.75) is 0 Å². The van der Waals surface area contributed by atoms with Gasteiger partial charge in [-0.15, -0.1) is 22.7 Å². The average molecular weight is 634 g/mol. The van der Waals surface area contributed by atoms with Gasteiger partial charge in [-0.1, -0.05) is 115 Å². The van der Waals surface area contributed by atoms with Gasteiger partial charge in [0.15, 0.2) is 11.6 Å². The van der Waals surface area contributed by atoms with E-state index in [1.807, 2.05) is 11.3 Å². The maximum Gasteiger partial charge on any atom is 0.163 e. The number of thiophene rings is 2. The highest BCUT2D eigenvalue weighted by Crippen LogP contribution is 2.49. The molecule has 0 saturated carbocycles. The Bertz CT molecular complexity index is 3090. The fraction of sp³-hybridized carbons (Fsp3) is 0. The van der Waals surface area contributed by atoms with Gasteiger partial charge in [0, 0.05) is 52.0 Å². The Kier molecular flexibility index (Phi) is 5.14. The molecule has 0 spiro atoms. The maximum atomic E-state index is 5.56. The van der Waals surface area contributed by atoms with Gasteiger partial charge in [0.2, 0.25) is 0 Å². The van der Waals surface area contributed by atoms with Gasteiger partial charge in [0.05, 0.1) is 16.4 Å². The van der Waals surface area contributed by atoms with Crippen LogP contribution >= 0.6 is 22.7 Å². The molecule has 0 aliphatic heterocycles. The van der Waals surface area contributed by atoms with E-state index in [1.165, 1.54) is 68.1 Å². The van der Waals surface area contributed by atoms with E-state index >= 15 is 0 Å². The highest BCUT2D eigenvalue weighted by atomic mass is 32.1. The Labute approximate surface area is 276 Å². The lowest BCUT2D eigenvalue weighted by molar-refractivity contribution is 1.08. The van der Waals surface area contributed by atoms with Crippen LogP contribution in [-0.4, -0.2) is 14.5 Å². The molecule has 4 heterocycles. The quantitative estimate of drug-likeness (QED) is 0.190. The molecule has 218 valence electrons. The minimum Gasteiger partial charge on any atom is -0.292 e. The minimum atomic E-state index is 0.739. The molecule has 0 N–H and O–H groups in total. The average Bonchev–Trinajstić information content (AvgIpc) is 3.81. The standard InChI is InChI=1S/C42H23N3S2/c1-2-12-25-23-26(22-21-24(25)11-1)40-43-41(37-31-17-7-10-20-34(31)47-42(37)44-40)45-32-18-8-5-15-29(32)35-27-13-3-4-14-28(27)39-36(38(35)45)30-16-6-9-19-33(30)46-39/h1-23H. The molecular formula is C42H23N3S2. The third-order valence-electron chi connectivity index (χ3n) is 9.59. The summed E-state index contributed by atoms with van der Waals surface area (Å²) in [6, 6.07) is 50.3. The van der Waals surface area contributed by atoms with Gasteiger partial charge in [0.25, 0.3) is 0 Å². The summed E-state index contributed by atoms with van der Waals surface area (Å²) >= 11 is 3.63. The molecule has 3 nitrogen and oxygen atoms in total. The third-order valence-corrected chi connectivity index (χ3v) is 11.9. The van der Waals surface area contributed by atoms with Gasteiger partial charge in [-0.3, -0.25) is 4.57 Å². The topological polar surface area (TPSA) is 30.7 Å². The van der Waals surface area contributed by atoms with E-state index < -0.39 is 0 Å². The van der Waals surface area contributed by atoms with Crippen LogP contribution < -0.4 is 0 Å². The van der Waals surface area contributed by atoms with Gasteiger partial charge < -0.3 is 0 Å². The van der Waals surface area contributed by atoms with Crippen molar-refractivity contribution in [3.63, 3.8) is 0 Å². The molecule has 0 saturated heterocycles. The normalized spacial score (nSPS) is 12.3. The summed E-state index contributed by atoms with van der Waals surface area (Å²) in [7, 11) is 0. The summed E-state index contributed by atoms with van der Waals surface area (Å²) in [5.74, 6) is 1.66. The zero-order chi connectivity index (χ0) is 30.6. The number of hydrogen-bond donors (Lipinski definition) is 0. The van der Waals surface area contributed by atoms with Crippen LogP contribution in [0.1, 0.15) is 0 Å². The van der Waals surface area contributed by atoms with Crippen LogP contribution in [0, 0.1) is 0 Å². The van der Waals surface area contributed by atoms with Crippen molar-refractivity contribution >= 4 is 106 Å². The van der Waals surface area contributed by atoms with Gasteiger partial charge >= 0.3 is 0 Å². The summed E-state index contributed by atoms with van der Waals surface area (Å²) in [5.41, 5.74) is 3.37. The SMILES string of the molecule is c1ccc2cc(-c3nc(-n4c5ccccc5c5c6ccccc6c6sc7ccccc7c6c54)c4c(n3)sc3ccccc34)ccc2c1. The number of nitrogens with zero attached hydrogens (tertiary/aromatic N) is 3. The smallest absolute Gasteiger partial charge is 0.163 e. The molecule has 7 aromatic carbocycles. The number of benzene rings is 7. The van der Waals surface area contributed by atoms with E-state index in [-0.39, 0.29) is 0 Å². The van der Waals surface area contributed by atoms with Crippen molar-refractivity contribution in [3.8, 4) is 17.2 Å². The van der Waals surface area contributed by atoms with Gasteiger partial charge in [-0.2, -0.15) is 0 Å². The fourth-order valence-electron chi connectivity index (χ4n) is 7.56. The van der Waals surface area contributed by atoms with Crippen molar-refractivity contribution in [1.29, 1.82) is 0 Å². The highest BCUT2D eigenvalue weighted by molar-refractivity contribution is 7.27. The minimum absolute atomic E-state index is 0.739. The van der Waals surface area contributed by atoms with E-state index in [1.54, 1.807) is 11.3 Å². The molecule has 0 bridgehead atoms. The summed E-state index contributed by atoms with van der Waals surface area (Å²) < 4.78 is 6.27. The van der Waals surface area contributed by atoms with Crippen LogP contribution in [0.15, 0.2) is 140 Å². The molecule has 4 aromatic heterocycles. The summed E-state index contributed by atoms with van der Waals surface area (Å²) in [5, 5.41) is 12.3. The van der Waals surface area contributed by atoms with Crippen molar-refractivity contribution in [3.05, 3.63) is 140 Å². The Morgan fingerprint density at radius 1 is 0.468 bits per heavy atom. The van der Waals surface area contributed by atoms with Crippen molar-refractivity contribution in [2.24, 2.45) is 0 Å². The number of hydrogen-bond acceptors (Lipinski definition) is 4. The molecule has 47 heavy (non-hydrogen) atoms. The molecule has 0 unspecified atom stereocenters. The molecule has 0 amide bonds. The second-order valence-corrected chi connectivity index (χ2v) is 14.2. The molecule has 11 rings (SSSR count).